The highest BCUT2D eigenvalue weighted by Gasteiger charge is 2.25. The molecule has 0 saturated carbocycles. The summed E-state index contributed by atoms with van der Waals surface area (Å²) in [5.74, 6) is -0.145. The number of rotatable bonds is 6. The Hall–Kier alpha value is -3.13. The van der Waals surface area contributed by atoms with Crippen LogP contribution in [0.15, 0.2) is 71.5 Å². The Balaban J connectivity index is 1.27. The molecule has 3 aromatic rings. The molecule has 0 spiro atoms. The van der Waals surface area contributed by atoms with Crippen molar-refractivity contribution in [2.75, 3.05) is 50.8 Å². The van der Waals surface area contributed by atoms with Crippen molar-refractivity contribution < 1.29 is 9.84 Å². The van der Waals surface area contributed by atoms with Gasteiger partial charge in [-0.1, -0.05) is 48.5 Å². The fourth-order valence-electron chi connectivity index (χ4n) is 5.08. The third-order valence-corrected chi connectivity index (χ3v) is 7.21. The molecule has 2 aromatic carbocycles. The van der Waals surface area contributed by atoms with Gasteiger partial charge < -0.3 is 19.3 Å². The standard InChI is InChI=1S/C28H34N4O3/c1-29-24(19-30-12-14-32(15-13-30)23-10-6-3-7-11-23)18-26(33)28(34)25(29)20-31-16-17-35-27(21-31)22-8-4-2-5-9-22/h2-11,18,27,34H,12-17,19-21H2,1H3. The first kappa shape index (κ1) is 23.6. The van der Waals surface area contributed by atoms with Crippen LogP contribution >= 0.6 is 0 Å². The SMILES string of the molecule is Cn1c(CN2CCN(c3ccccc3)CC2)cc(=O)c(O)c1CN1CCOC(c2ccccc2)C1. The van der Waals surface area contributed by atoms with Crippen molar-refractivity contribution in [2.24, 2.45) is 7.05 Å². The van der Waals surface area contributed by atoms with Crippen LogP contribution in [0, 0.1) is 0 Å². The van der Waals surface area contributed by atoms with Gasteiger partial charge in [0.2, 0.25) is 5.43 Å². The van der Waals surface area contributed by atoms with Gasteiger partial charge in [0.15, 0.2) is 5.75 Å². The van der Waals surface area contributed by atoms with Gasteiger partial charge in [0.05, 0.1) is 18.4 Å². The smallest absolute Gasteiger partial charge is 0.223 e. The zero-order chi connectivity index (χ0) is 24.2. The summed E-state index contributed by atoms with van der Waals surface area (Å²) in [5, 5.41) is 10.7. The lowest BCUT2D eigenvalue weighted by atomic mass is 10.1. The number of morpholine rings is 1. The molecule has 0 radical (unpaired) electrons. The second-order valence-electron chi connectivity index (χ2n) is 9.46. The number of piperazine rings is 1. The van der Waals surface area contributed by atoms with E-state index in [4.69, 9.17) is 4.74 Å². The molecule has 0 aliphatic carbocycles. The average Bonchev–Trinajstić information content (AvgIpc) is 2.91. The Morgan fingerprint density at radius 3 is 2.29 bits per heavy atom. The molecule has 2 aliphatic heterocycles. The molecule has 3 heterocycles. The largest absolute Gasteiger partial charge is 0.503 e. The number of aromatic nitrogens is 1. The van der Waals surface area contributed by atoms with E-state index in [2.05, 4.69) is 51.1 Å². The fourth-order valence-corrected chi connectivity index (χ4v) is 5.08. The van der Waals surface area contributed by atoms with Crippen LogP contribution in [0.4, 0.5) is 5.69 Å². The van der Waals surface area contributed by atoms with Crippen LogP contribution in [-0.2, 0) is 24.9 Å². The van der Waals surface area contributed by atoms with Gasteiger partial charge in [-0.3, -0.25) is 14.6 Å². The Morgan fingerprint density at radius 1 is 0.886 bits per heavy atom. The molecule has 2 fully saturated rings. The molecule has 35 heavy (non-hydrogen) atoms. The van der Waals surface area contributed by atoms with Gasteiger partial charge >= 0.3 is 0 Å². The van der Waals surface area contributed by atoms with E-state index >= 15 is 0 Å². The third kappa shape index (κ3) is 5.42. The number of aromatic hydroxyl groups is 1. The van der Waals surface area contributed by atoms with Crippen LogP contribution < -0.4 is 10.3 Å². The molecule has 7 nitrogen and oxygen atoms in total. The monoisotopic (exact) mass is 474 g/mol. The van der Waals surface area contributed by atoms with E-state index in [-0.39, 0.29) is 17.3 Å². The molecular formula is C28H34N4O3. The maximum Gasteiger partial charge on any atom is 0.223 e. The van der Waals surface area contributed by atoms with Gasteiger partial charge in [-0.25, -0.2) is 0 Å². The Labute approximate surface area is 206 Å². The van der Waals surface area contributed by atoms with Crippen LogP contribution in [0.2, 0.25) is 0 Å². The summed E-state index contributed by atoms with van der Waals surface area (Å²) in [7, 11) is 1.96. The maximum atomic E-state index is 12.7. The number of pyridine rings is 1. The molecule has 184 valence electrons. The van der Waals surface area contributed by atoms with E-state index in [1.807, 2.05) is 35.9 Å². The first-order valence-electron chi connectivity index (χ1n) is 12.4. The van der Waals surface area contributed by atoms with Gasteiger partial charge in [0, 0.05) is 76.9 Å². The zero-order valence-electron chi connectivity index (χ0n) is 20.3. The van der Waals surface area contributed by atoms with Crippen LogP contribution in [0.5, 0.6) is 5.75 Å². The van der Waals surface area contributed by atoms with Crippen LogP contribution in [0.3, 0.4) is 0 Å². The molecule has 1 N–H and O–H groups in total. The van der Waals surface area contributed by atoms with Crippen molar-refractivity contribution in [2.45, 2.75) is 19.2 Å². The van der Waals surface area contributed by atoms with Gasteiger partial charge in [-0.05, 0) is 17.7 Å². The van der Waals surface area contributed by atoms with Gasteiger partial charge in [-0.15, -0.1) is 0 Å². The molecule has 1 aromatic heterocycles. The number of benzene rings is 2. The fraction of sp³-hybridized carbons (Fsp3) is 0.393. The first-order valence-corrected chi connectivity index (χ1v) is 12.4. The van der Waals surface area contributed by atoms with Gasteiger partial charge in [0.25, 0.3) is 0 Å². The van der Waals surface area contributed by atoms with Crippen molar-refractivity contribution in [1.29, 1.82) is 0 Å². The van der Waals surface area contributed by atoms with Crippen LogP contribution in [0.25, 0.3) is 0 Å². The highest BCUT2D eigenvalue weighted by Crippen LogP contribution is 2.25. The van der Waals surface area contributed by atoms with E-state index in [0.717, 1.165) is 50.5 Å². The Morgan fingerprint density at radius 2 is 1.57 bits per heavy atom. The Bertz CT molecular complexity index is 1170. The molecule has 7 heteroatoms. The normalized spacial score (nSPS) is 19.7. The molecule has 2 aliphatic rings. The summed E-state index contributed by atoms with van der Waals surface area (Å²) in [5.41, 5.74) is 3.71. The number of hydrogen-bond donors (Lipinski definition) is 1. The molecular weight excluding hydrogens is 440 g/mol. The number of hydrogen-bond acceptors (Lipinski definition) is 6. The van der Waals surface area contributed by atoms with E-state index in [9.17, 15) is 9.90 Å². The number of anilines is 1. The van der Waals surface area contributed by atoms with Crippen LogP contribution in [-0.4, -0.2) is 65.3 Å². The van der Waals surface area contributed by atoms with E-state index in [1.165, 1.54) is 5.69 Å². The molecule has 2 saturated heterocycles. The lowest BCUT2D eigenvalue weighted by molar-refractivity contribution is -0.0338. The lowest BCUT2D eigenvalue weighted by Crippen LogP contribution is -2.46. The van der Waals surface area contributed by atoms with Crippen LogP contribution in [0.1, 0.15) is 23.1 Å². The predicted octanol–water partition coefficient (Wildman–Crippen LogP) is 2.99. The van der Waals surface area contributed by atoms with Crippen molar-refractivity contribution in [3.8, 4) is 5.75 Å². The minimum Gasteiger partial charge on any atom is -0.503 e. The Kier molecular flexibility index (Phi) is 7.18. The summed E-state index contributed by atoms with van der Waals surface area (Å²) >= 11 is 0. The quantitative estimate of drug-likeness (QED) is 0.593. The lowest BCUT2D eigenvalue weighted by Gasteiger charge is -2.36. The maximum absolute atomic E-state index is 12.7. The minimum atomic E-state index is -0.302. The topological polar surface area (TPSA) is 61.2 Å². The molecule has 0 amide bonds. The molecule has 0 bridgehead atoms. The molecule has 1 atom stereocenters. The third-order valence-electron chi connectivity index (χ3n) is 7.21. The number of ether oxygens (including phenoxy) is 1. The van der Waals surface area contributed by atoms with Crippen molar-refractivity contribution in [3.63, 3.8) is 0 Å². The molecule has 5 rings (SSSR count). The van der Waals surface area contributed by atoms with Crippen molar-refractivity contribution in [3.05, 3.63) is 93.9 Å². The first-order chi connectivity index (χ1) is 17.1. The van der Waals surface area contributed by atoms with E-state index in [1.54, 1.807) is 6.07 Å². The summed E-state index contributed by atoms with van der Waals surface area (Å²) < 4.78 is 8.00. The highest BCUT2D eigenvalue weighted by molar-refractivity contribution is 5.46. The summed E-state index contributed by atoms with van der Waals surface area (Å²) in [4.78, 5) is 19.7. The predicted molar refractivity (Wildman–Crippen MR) is 138 cm³/mol. The van der Waals surface area contributed by atoms with E-state index < -0.39 is 0 Å². The van der Waals surface area contributed by atoms with Crippen molar-refractivity contribution in [1.82, 2.24) is 14.4 Å². The van der Waals surface area contributed by atoms with Gasteiger partial charge in [-0.2, -0.15) is 0 Å². The van der Waals surface area contributed by atoms with Crippen molar-refractivity contribution >= 4 is 5.69 Å². The number of nitrogens with zero attached hydrogens (tertiary/aromatic N) is 4. The second kappa shape index (κ2) is 10.6. The highest BCUT2D eigenvalue weighted by atomic mass is 16.5. The number of para-hydroxylation sites is 1. The summed E-state index contributed by atoms with van der Waals surface area (Å²) in [6, 6.07) is 22.3. The summed E-state index contributed by atoms with van der Waals surface area (Å²) in [6.45, 7) is 7.10. The van der Waals surface area contributed by atoms with E-state index in [0.29, 0.717) is 25.4 Å². The van der Waals surface area contributed by atoms with Gasteiger partial charge in [0.1, 0.15) is 0 Å². The average molecular weight is 475 g/mol. The minimum absolute atomic E-state index is 0.00628. The molecule has 1 unspecified atom stereocenters. The second-order valence-corrected chi connectivity index (χ2v) is 9.46. The zero-order valence-corrected chi connectivity index (χ0v) is 20.3. The summed E-state index contributed by atoms with van der Waals surface area (Å²) in [6.07, 6.45) is -0.00628.